The molecular weight excluding hydrogens is 335 g/mol. The Balaban J connectivity index is 1.57. The summed E-state index contributed by atoms with van der Waals surface area (Å²) >= 11 is 0. The molecule has 1 unspecified atom stereocenters. The standard InChI is InChI=1S/C20H29FN2O3/c1-16(26-18-7-5-17(21)6-8-18)19(24)22-15-20(9-3-2-4-10-20)23-11-13-25-14-12-23/h5-8,16H,2-4,9-15H2,1H3,(H,22,24). The van der Waals surface area contributed by atoms with Crippen LogP contribution in [0.4, 0.5) is 4.39 Å². The molecule has 144 valence electrons. The SMILES string of the molecule is CC(Oc1ccc(F)cc1)C(=O)NCC1(N2CCOCC2)CCCCC1. The van der Waals surface area contributed by atoms with E-state index in [4.69, 9.17) is 9.47 Å². The number of halogens is 1. The quantitative estimate of drug-likeness (QED) is 0.843. The summed E-state index contributed by atoms with van der Waals surface area (Å²) in [5.41, 5.74) is 0.0350. The molecule has 1 aliphatic heterocycles. The van der Waals surface area contributed by atoms with Crippen LogP contribution >= 0.6 is 0 Å². The molecule has 1 heterocycles. The molecule has 1 aliphatic carbocycles. The highest BCUT2D eigenvalue weighted by atomic mass is 19.1. The average molecular weight is 364 g/mol. The van der Waals surface area contributed by atoms with Crippen LogP contribution < -0.4 is 10.1 Å². The molecular formula is C20H29FN2O3. The zero-order valence-corrected chi connectivity index (χ0v) is 15.5. The van der Waals surface area contributed by atoms with Crippen molar-refractivity contribution in [3.8, 4) is 5.75 Å². The van der Waals surface area contributed by atoms with Crippen LogP contribution in [-0.2, 0) is 9.53 Å². The Morgan fingerprint density at radius 3 is 2.54 bits per heavy atom. The van der Waals surface area contributed by atoms with Crippen LogP contribution in [0.3, 0.4) is 0 Å². The van der Waals surface area contributed by atoms with Crippen LogP contribution in [0.1, 0.15) is 39.0 Å². The van der Waals surface area contributed by atoms with Crippen molar-refractivity contribution in [2.75, 3.05) is 32.8 Å². The van der Waals surface area contributed by atoms with Gasteiger partial charge in [0.05, 0.1) is 13.2 Å². The van der Waals surface area contributed by atoms with Crippen molar-refractivity contribution in [2.24, 2.45) is 0 Å². The first kappa shape index (κ1) is 19.1. The minimum Gasteiger partial charge on any atom is -0.481 e. The minimum absolute atomic E-state index is 0.0350. The van der Waals surface area contributed by atoms with Crippen LogP contribution in [0.2, 0.25) is 0 Å². The molecule has 3 rings (SSSR count). The number of rotatable bonds is 6. The normalized spacial score (nSPS) is 21.8. The van der Waals surface area contributed by atoms with Gasteiger partial charge in [-0.25, -0.2) is 4.39 Å². The van der Waals surface area contributed by atoms with Gasteiger partial charge in [-0.2, -0.15) is 0 Å². The molecule has 1 saturated heterocycles. The van der Waals surface area contributed by atoms with Crippen molar-refractivity contribution in [1.29, 1.82) is 0 Å². The van der Waals surface area contributed by atoms with Crippen LogP contribution in [0.5, 0.6) is 5.75 Å². The van der Waals surface area contributed by atoms with E-state index in [2.05, 4.69) is 10.2 Å². The third-order valence-corrected chi connectivity index (χ3v) is 5.55. The molecule has 1 amide bonds. The number of morpholine rings is 1. The maximum absolute atomic E-state index is 13.0. The Kier molecular flexibility index (Phi) is 6.48. The summed E-state index contributed by atoms with van der Waals surface area (Å²) in [6.45, 7) is 5.75. The fourth-order valence-electron chi connectivity index (χ4n) is 4.02. The van der Waals surface area contributed by atoms with E-state index < -0.39 is 6.10 Å². The Morgan fingerprint density at radius 1 is 1.23 bits per heavy atom. The average Bonchev–Trinajstić information content (AvgIpc) is 2.69. The summed E-state index contributed by atoms with van der Waals surface area (Å²) < 4.78 is 24.1. The summed E-state index contributed by atoms with van der Waals surface area (Å²) in [6, 6.07) is 5.73. The van der Waals surface area contributed by atoms with Gasteiger partial charge in [0.25, 0.3) is 5.91 Å². The Morgan fingerprint density at radius 2 is 1.88 bits per heavy atom. The van der Waals surface area contributed by atoms with E-state index in [1.165, 1.54) is 43.5 Å². The van der Waals surface area contributed by atoms with Gasteiger partial charge >= 0.3 is 0 Å². The van der Waals surface area contributed by atoms with Crippen molar-refractivity contribution >= 4 is 5.91 Å². The fraction of sp³-hybridized carbons (Fsp3) is 0.650. The molecule has 1 aromatic rings. The summed E-state index contributed by atoms with van der Waals surface area (Å²) in [5.74, 6) is 0.0429. The number of hydrogen-bond acceptors (Lipinski definition) is 4. The predicted octanol–water partition coefficient (Wildman–Crippen LogP) is 2.74. The summed E-state index contributed by atoms with van der Waals surface area (Å²) in [5, 5.41) is 3.10. The van der Waals surface area contributed by atoms with Crippen LogP contribution in [0.25, 0.3) is 0 Å². The number of carbonyl (C=O) groups excluding carboxylic acids is 1. The molecule has 26 heavy (non-hydrogen) atoms. The van der Waals surface area contributed by atoms with Gasteiger partial charge in [0.1, 0.15) is 11.6 Å². The van der Waals surface area contributed by atoms with Crippen LogP contribution in [0, 0.1) is 5.82 Å². The van der Waals surface area contributed by atoms with Crippen molar-refractivity contribution in [2.45, 2.75) is 50.7 Å². The van der Waals surface area contributed by atoms with Gasteiger partial charge in [-0.1, -0.05) is 19.3 Å². The first-order valence-corrected chi connectivity index (χ1v) is 9.62. The lowest BCUT2D eigenvalue weighted by Crippen LogP contribution is -2.60. The molecule has 1 atom stereocenters. The molecule has 1 N–H and O–H groups in total. The van der Waals surface area contributed by atoms with Gasteiger partial charge in [-0.15, -0.1) is 0 Å². The molecule has 2 fully saturated rings. The third kappa shape index (κ3) is 4.74. The van der Waals surface area contributed by atoms with Crippen LogP contribution in [-0.4, -0.2) is 55.3 Å². The van der Waals surface area contributed by atoms with E-state index in [-0.39, 0.29) is 17.3 Å². The van der Waals surface area contributed by atoms with Gasteiger partial charge in [0.15, 0.2) is 6.10 Å². The summed E-state index contributed by atoms with van der Waals surface area (Å²) in [6.07, 6.45) is 5.28. The number of hydrogen-bond donors (Lipinski definition) is 1. The van der Waals surface area contributed by atoms with E-state index >= 15 is 0 Å². The largest absolute Gasteiger partial charge is 0.481 e. The second kappa shape index (κ2) is 8.82. The predicted molar refractivity (Wildman–Crippen MR) is 97.7 cm³/mol. The number of amides is 1. The zero-order chi connectivity index (χ0) is 18.4. The van der Waals surface area contributed by atoms with E-state index in [0.717, 1.165) is 39.1 Å². The number of benzene rings is 1. The lowest BCUT2D eigenvalue weighted by atomic mass is 9.79. The Labute approximate surface area is 154 Å². The number of nitrogens with one attached hydrogen (secondary N) is 1. The van der Waals surface area contributed by atoms with Crippen molar-refractivity contribution in [3.05, 3.63) is 30.1 Å². The molecule has 1 aromatic carbocycles. The summed E-state index contributed by atoms with van der Waals surface area (Å²) in [7, 11) is 0. The van der Waals surface area contributed by atoms with Gasteiger partial charge in [0.2, 0.25) is 0 Å². The van der Waals surface area contributed by atoms with E-state index in [0.29, 0.717) is 12.3 Å². The topological polar surface area (TPSA) is 50.8 Å². The van der Waals surface area contributed by atoms with Gasteiger partial charge in [-0.05, 0) is 44.0 Å². The van der Waals surface area contributed by atoms with E-state index in [9.17, 15) is 9.18 Å². The first-order chi connectivity index (χ1) is 12.6. The van der Waals surface area contributed by atoms with Crippen molar-refractivity contribution in [1.82, 2.24) is 10.2 Å². The number of carbonyl (C=O) groups is 1. The Hall–Kier alpha value is -1.66. The zero-order valence-electron chi connectivity index (χ0n) is 15.5. The smallest absolute Gasteiger partial charge is 0.260 e. The monoisotopic (exact) mass is 364 g/mol. The second-order valence-electron chi connectivity index (χ2n) is 7.32. The highest BCUT2D eigenvalue weighted by Gasteiger charge is 2.39. The Bertz CT molecular complexity index is 581. The highest BCUT2D eigenvalue weighted by molar-refractivity contribution is 5.80. The molecule has 0 bridgehead atoms. The number of nitrogens with zero attached hydrogens (tertiary/aromatic N) is 1. The van der Waals surface area contributed by atoms with Crippen molar-refractivity contribution < 1.29 is 18.7 Å². The maximum Gasteiger partial charge on any atom is 0.260 e. The summed E-state index contributed by atoms with van der Waals surface area (Å²) in [4.78, 5) is 15.0. The lowest BCUT2D eigenvalue weighted by molar-refractivity contribution is -0.128. The molecule has 0 spiro atoms. The van der Waals surface area contributed by atoms with Crippen LogP contribution in [0.15, 0.2) is 24.3 Å². The van der Waals surface area contributed by atoms with Crippen molar-refractivity contribution in [3.63, 3.8) is 0 Å². The maximum atomic E-state index is 13.0. The van der Waals surface area contributed by atoms with E-state index in [1.54, 1.807) is 6.92 Å². The fourth-order valence-corrected chi connectivity index (χ4v) is 4.02. The molecule has 0 radical (unpaired) electrons. The van der Waals surface area contributed by atoms with Gasteiger partial charge in [0, 0.05) is 25.2 Å². The minimum atomic E-state index is -0.620. The van der Waals surface area contributed by atoms with Gasteiger partial charge in [-0.3, -0.25) is 9.69 Å². The molecule has 6 heteroatoms. The van der Waals surface area contributed by atoms with Gasteiger partial charge < -0.3 is 14.8 Å². The molecule has 5 nitrogen and oxygen atoms in total. The molecule has 2 aliphatic rings. The lowest BCUT2D eigenvalue weighted by Gasteiger charge is -2.48. The number of ether oxygens (including phenoxy) is 2. The second-order valence-corrected chi connectivity index (χ2v) is 7.32. The van der Waals surface area contributed by atoms with E-state index in [1.807, 2.05) is 0 Å². The highest BCUT2D eigenvalue weighted by Crippen LogP contribution is 2.33. The molecule has 0 aromatic heterocycles. The first-order valence-electron chi connectivity index (χ1n) is 9.62. The molecule has 1 saturated carbocycles. The third-order valence-electron chi connectivity index (χ3n) is 5.55.